The molecule has 0 heterocycles. The van der Waals surface area contributed by atoms with Crippen LogP contribution in [0.25, 0.3) is 0 Å². The van der Waals surface area contributed by atoms with E-state index in [0.29, 0.717) is 16.6 Å². The Morgan fingerprint density at radius 1 is 1.05 bits per heavy atom. The first-order chi connectivity index (χ1) is 10.1. The number of carbonyl (C=O) groups excluding carboxylic acids is 1. The van der Waals surface area contributed by atoms with Gasteiger partial charge in [-0.25, -0.2) is 0 Å². The molecular formula is C16H16Cl2N2O. The van der Waals surface area contributed by atoms with Gasteiger partial charge in [-0.3, -0.25) is 4.79 Å². The van der Waals surface area contributed by atoms with E-state index in [4.69, 9.17) is 23.2 Å². The van der Waals surface area contributed by atoms with E-state index >= 15 is 0 Å². The Morgan fingerprint density at radius 2 is 1.86 bits per heavy atom. The molecule has 0 aliphatic heterocycles. The van der Waals surface area contributed by atoms with Gasteiger partial charge in [-0.15, -0.1) is 0 Å². The minimum absolute atomic E-state index is 0.0723. The molecular weight excluding hydrogens is 307 g/mol. The molecule has 21 heavy (non-hydrogen) atoms. The number of hydrogen-bond acceptors (Lipinski definition) is 2. The van der Waals surface area contributed by atoms with Crippen LogP contribution in [0, 0.1) is 0 Å². The number of rotatable bonds is 6. The summed E-state index contributed by atoms with van der Waals surface area (Å²) in [5, 5.41) is 7.17. The number of nitrogens with one attached hydrogen (secondary N) is 2. The summed E-state index contributed by atoms with van der Waals surface area (Å²) in [4.78, 5) is 11.7. The van der Waals surface area contributed by atoms with Crippen molar-refractivity contribution in [1.82, 2.24) is 5.32 Å². The van der Waals surface area contributed by atoms with Gasteiger partial charge in [-0.2, -0.15) is 0 Å². The highest BCUT2D eigenvalue weighted by Crippen LogP contribution is 2.19. The highest BCUT2D eigenvalue weighted by Gasteiger charge is 2.03. The van der Waals surface area contributed by atoms with E-state index in [1.54, 1.807) is 6.07 Å². The smallest absolute Gasteiger partial charge is 0.239 e. The number of carbonyl (C=O) groups is 1. The molecule has 0 saturated heterocycles. The van der Waals surface area contributed by atoms with Gasteiger partial charge in [0.2, 0.25) is 5.91 Å². The zero-order chi connectivity index (χ0) is 15.1. The summed E-state index contributed by atoms with van der Waals surface area (Å²) in [5.74, 6) is -0.0723. The van der Waals surface area contributed by atoms with Crippen LogP contribution in [0.15, 0.2) is 48.5 Å². The number of para-hydroxylation sites is 1. The Labute approximate surface area is 134 Å². The maximum atomic E-state index is 11.7. The molecule has 0 saturated carbocycles. The summed E-state index contributed by atoms with van der Waals surface area (Å²) in [6.07, 6.45) is 0.748. The fraction of sp³-hybridized carbons (Fsp3) is 0.188. The topological polar surface area (TPSA) is 41.1 Å². The van der Waals surface area contributed by atoms with Gasteiger partial charge in [-0.05, 0) is 36.2 Å². The summed E-state index contributed by atoms with van der Waals surface area (Å²) in [6.45, 7) is 0.767. The summed E-state index contributed by atoms with van der Waals surface area (Å²) in [5.41, 5.74) is 1.85. The van der Waals surface area contributed by atoms with Gasteiger partial charge >= 0.3 is 0 Å². The van der Waals surface area contributed by atoms with Crippen LogP contribution in [0.1, 0.15) is 5.56 Å². The number of amides is 1. The third-order valence-electron chi connectivity index (χ3n) is 2.94. The molecule has 2 N–H and O–H groups in total. The second kappa shape index (κ2) is 7.91. The molecule has 0 unspecified atom stereocenters. The third kappa shape index (κ3) is 5.29. The van der Waals surface area contributed by atoms with Gasteiger partial charge in [0.25, 0.3) is 0 Å². The highest BCUT2D eigenvalue weighted by atomic mass is 35.5. The van der Waals surface area contributed by atoms with Crippen LogP contribution in [0.4, 0.5) is 5.69 Å². The molecule has 0 bridgehead atoms. The number of hydrogen-bond donors (Lipinski definition) is 2. The van der Waals surface area contributed by atoms with Crippen molar-refractivity contribution in [3.8, 4) is 0 Å². The molecule has 0 aliphatic rings. The number of benzene rings is 2. The summed E-state index contributed by atoms with van der Waals surface area (Å²) in [6, 6.07) is 14.9. The summed E-state index contributed by atoms with van der Waals surface area (Å²) >= 11 is 11.9. The largest absolute Gasteiger partial charge is 0.375 e. The maximum absolute atomic E-state index is 11.7. The van der Waals surface area contributed by atoms with Crippen molar-refractivity contribution in [2.45, 2.75) is 6.42 Å². The van der Waals surface area contributed by atoms with Gasteiger partial charge in [0.15, 0.2) is 0 Å². The summed E-state index contributed by atoms with van der Waals surface area (Å²) < 4.78 is 0. The normalized spacial score (nSPS) is 10.2. The van der Waals surface area contributed by atoms with E-state index in [0.717, 1.165) is 17.7 Å². The van der Waals surface area contributed by atoms with Crippen LogP contribution in [0.5, 0.6) is 0 Å². The van der Waals surface area contributed by atoms with E-state index in [9.17, 15) is 4.79 Å². The van der Waals surface area contributed by atoms with Crippen molar-refractivity contribution < 1.29 is 4.79 Å². The van der Waals surface area contributed by atoms with Crippen molar-refractivity contribution in [2.75, 3.05) is 18.4 Å². The Bertz CT molecular complexity index is 617. The SMILES string of the molecule is O=C(CNc1ccccc1Cl)NCCc1cccc(Cl)c1. The minimum atomic E-state index is -0.0723. The molecule has 2 aromatic carbocycles. The van der Waals surface area contributed by atoms with E-state index in [2.05, 4.69) is 10.6 Å². The first-order valence-corrected chi connectivity index (χ1v) is 7.40. The second-order valence-corrected chi connectivity index (χ2v) is 5.41. The third-order valence-corrected chi connectivity index (χ3v) is 3.50. The molecule has 0 fully saturated rings. The average Bonchev–Trinajstić information content (AvgIpc) is 2.46. The van der Waals surface area contributed by atoms with E-state index < -0.39 is 0 Å². The van der Waals surface area contributed by atoms with Gasteiger partial charge < -0.3 is 10.6 Å². The van der Waals surface area contributed by atoms with Crippen molar-refractivity contribution >= 4 is 34.8 Å². The van der Waals surface area contributed by atoms with E-state index in [1.165, 1.54) is 0 Å². The lowest BCUT2D eigenvalue weighted by Crippen LogP contribution is -2.31. The van der Waals surface area contributed by atoms with Crippen LogP contribution in [-0.2, 0) is 11.2 Å². The minimum Gasteiger partial charge on any atom is -0.375 e. The Kier molecular flexibility index (Phi) is 5.90. The van der Waals surface area contributed by atoms with Crippen LogP contribution < -0.4 is 10.6 Å². The van der Waals surface area contributed by atoms with Crippen molar-refractivity contribution in [2.24, 2.45) is 0 Å². The molecule has 0 atom stereocenters. The second-order valence-electron chi connectivity index (χ2n) is 4.56. The van der Waals surface area contributed by atoms with Crippen LogP contribution >= 0.6 is 23.2 Å². The van der Waals surface area contributed by atoms with Crippen molar-refractivity contribution in [3.63, 3.8) is 0 Å². The maximum Gasteiger partial charge on any atom is 0.239 e. The first kappa shape index (κ1) is 15.7. The standard InChI is InChI=1S/C16H16Cl2N2O/c17-13-5-3-4-12(10-13)8-9-19-16(21)11-20-15-7-2-1-6-14(15)18/h1-7,10,20H,8-9,11H2,(H,19,21). The molecule has 110 valence electrons. The van der Waals surface area contributed by atoms with E-state index in [1.807, 2.05) is 42.5 Å². The van der Waals surface area contributed by atoms with Gasteiger partial charge in [0.05, 0.1) is 17.3 Å². The molecule has 0 aromatic heterocycles. The van der Waals surface area contributed by atoms with Crippen LogP contribution in [0.2, 0.25) is 10.0 Å². The molecule has 0 spiro atoms. The van der Waals surface area contributed by atoms with E-state index in [-0.39, 0.29) is 12.5 Å². The van der Waals surface area contributed by atoms with Crippen molar-refractivity contribution in [1.29, 1.82) is 0 Å². The monoisotopic (exact) mass is 322 g/mol. The van der Waals surface area contributed by atoms with Gasteiger partial charge in [0.1, 0.15) is 0 Å². The number of anilines is 1. The Hall–Kier alpha value is -1.71. The Morgan fingerprint density at radius 3 is 2.62 bits per heavy atom. The summed E-state index contributed by atoms with van der Waals surface area (Å²) in [7, 11) is 0. The van der Waals surface area contributed by atoms with Crippen molar-refractivity contribution in [3.05, 3.63) is 64.1 Å². The van der Waals surface area contributed by atoms with Gasteiger partial charge in [0, 0.05) is 11.6 Å². The lowest BCUT2D eigenvalue weighted by molar-refractivity contribution is -0.119. The molecule has 2 aromatic rings. The molecule has 3 nitrogen and oxygen atoms in total. The Balaban J connectivity index is 1.72. The lowest BCUT2D eigenvalue weighted by atomic mass is 10.1. The first-order valence-electron chi connectivity index (χ1n) is 6.65. The average molecular weight is 323 g/mol. The molecule has 0 aliphatic carbocycles. The van der Waals surface area contributed by atoms with Crippen LogP contribution in [0.3, 0.4) is 0 Å². The zero-order valence-corrected chi connectivity index (χ0v) is 12.9. The fourth-order valence-electron chi connectivity index (χ4n) is 1.88. The molecule has 0 radical (unpaired) electrons. The molecule has 2 rings (SSSR count). The molecule has 5 heteroatoms. The van der Waals surface area contributed by atoms with Gasteiger partial charge in [-0.1, -0.05) is 47.5 Å². The van der Waals surface area contributed by atoms with Crippen LogP contribution in [-0.4, -0.2) is 19.0 Å². The fourth-order valence-corrected chi connectivity index (χ4v) is 2.30. The zero-order valence-electron chi connectivity index (χ0n) is 11.4. The quantitative estimate of drug-likeness (QED) is 0.850. The predicted molar refractivity (Wildman–Crippen MR) is 88.1 cm³/mol. The molecule has 1 amide bonds. The lowest BCUT2D eigenvalue weighted by Gasteiger charge is -2.09. The predicted octanol–water partition coefficient (Wildman–Crippen LogP) is 3.76. The number of halogens is 2. The highest BCUT2D eigenvalue weighted by molar-refractivity contribution is 6.33.